The van der Waals surface area contributed by atoms with Crippen molar-refractivity contribution in [2.24, 2.45) is 0 Å². The molecular formula is C19H21FN2O5S. The Labute approximate surface area is 163 Å². The molecule has 1 aliphatic heterocycles. The van der Waals surface area contributed by atoms with E-state index in [0.717, 1.165) is 0 Å². The Morgan fingerprint density at radius 3 is 2.18 bits per heavy atom. The summed E-state index contributed by atoms with van der Waals surface area (Å²) < 4.78 is 46.5. The first-order valence-corrected chi connectivity index (χ1v) is 10.2. The lowest BCUT2D eigenvalue weighted by Gasteiger charge is -2.38. The van der Waals surface area contributed by atoms with Crippen molar-refractivity contribution < 1.29 is 27.4 Å². The van der Waals surface area contributed by atoms with E-state index in [2.05, 4.69) is 0 Å². The molecule has 0 saturated carbocycles. The van der Waals surface area contributed by atoms with Gasteiger partial charge in [0.05, 0.1) is 17.7 Å². The van der Waals surface area contributed by atoms with Crippen molar-refractivity contribution >= 4 is 21.8 Å². The minimum atomic E-state index is -3.94. The van der Waals surface area contributed by atoms with Crippen molar-refractivity contribution in [2.45, 2.75) is 23.8 Å². The SMILES string of the molecule is COc1ccc(S(=O)(=O)N(c2ccc(F)cc2)C2CCN(C(=O)O)CC2)cc1. The monoisotopic (exact) mass is 408 g/mol. The molecule has 2 aromatic carbocycles. The molecule has 9 heteroatoms. The Balaban J connectivity index is 1.98. The van der Waals surface area contributed by atoms with Gasteiger partial charge in [-0.3, -0.25) is 4.31 Å². The van der Waals surface area contributed by atoms with E-state index in [1.165, 1.54) is 52.7 Å². The molecule has 0 aliphatic carbocycles. The van der Waals surface area contributed by atoms with Crippen LogP contribution in [0, 0.1) is 5.82 Å². The average Bonchev–Trinajstić information content (AvgIpc) is 2.70. The van der Waals surface area contributed by atoms with E-state index in [0.29, 0.717) is 24.3 Å². The molecule has 1 saturated heterocycles. The van der Waals surface area contributed by atoms with Gasteiger partial charge in [-0.05, 0) is 61.4 Å². The summed E-state index contributed by atoms with van der Waals surface area (Å²) in [7, 11) is -2.45. The molecule has 2 aromatic rings. The summed E-state index contributed by atoms with van der Waals surface area (Å²) in [5.74, 6) is 0.0632. The van der Waals surface area contributed by atoms with Crippen molar-refractivity contribution in [3.05, 3.63) is 54.3 Å². The summed E-state index contributed by atoms with van der Waals surface area (Å²) in [6.45, 7) is 0.464. The number of sulfonamides is 1. The molecule has 1 heterocycles. The van der Waals surface area contributed by atoms with Crippen LogP contribution in [-0.4, -0.2) is 50.8 Å². The fraction of sp³-hybridized carbons (Fsp3) is 0.316. The van der Waals surface area contributed by atoms with Crippen molar-refractivity contribution in [1.82, 2.24) is 4.90 Å². The van der Waals surface area contributed by atoms with Crippen LogP contribution in [0.5, 0.6) is 5.75 Å². The van der Waals surface area contributed by atoms with E-state index in [1.807, 2.05) is 0 Å². The molecule has 0 spiro atoms. The number of amides is 1. The zero-order chi connectivity index (χ0) is 20.3. The predicted octanol–water partition coefficient (Wildman–Crippen LogP) is 3.17. The average molecular weight is 408 g/mol. The molecule has 28 heavy (non-hydrogen) atoms. The lowest BCUT2D eigenvalue weighted by Crippen LogP contribution is -2.48. The minimum absolute atomic E-state index is 0.0817. The number of likely N-dealkylation sites (tertiary alicyclic amines) is 1. The number of hydrogen-bond donors (Lipinski definition) is 1. The first kappa shape index (κ1) is 19.9. The summed E-state index contributed by atoms with van der Waals surface area (Å²) in [6.07, 6.45) is -0.331. The zero-order valence-electron chi connectivity index (χ0n) is 15.3. The Morgan fingerprint density at radius 1 is 1.11 bits per heavy atom. The molecule has 7 nitrogen and oxygen atoms in total. The number of benzene rings is 2. The Kier molecular flexibility index (Phi) is 5.73. The number of piperidine rings is 1. The zero-order valence-corrected chi connectivity index (χ0v) is 16.1. The first-order valence-electron chi connectivity index (χ1n) is 8.75. The van der Waals surface area contributed by atoms with Crippen LogP contribution in [0.4, 0.5) is 14.9 Å². The number of nitrogens with zero attached hydrogens (tertiary/aromatic N) is 2. The van der Waals surface area contributed by atoms with Gasteiger partial charge < -0.3 is 14.7 Å². The van der Waals surface area contributed by atoms with Gasteiger partial charge in [0.25, 0.3) is 10.0 Å². The molecule has 0 unspecified atom stereocenters. The highest BCUT2D eigenvalue weighted by atomic mass is 32.2. The fourth-order valence-electron chi connectivity index (χ4n) is 3.29. The van der Waals surface area contributed by atoms with E-state index in [4.69, 9.17) is 9.84 Å². The quantitative estimate of drug-likeness (QED) is 0.821. The van der Waals surface area contributed by atoms with Gasteiger partial charge in [0.1, 0.15) is 11.6 Å². The van der Waals surface area contributed by atoms with E-state index in [9.17, 15) is 17.6 Å². The van der Waals surface area contributed by atoms with Gasteiger partial charge in [-0.2, -0.15) is 0 Å². The molecule has 1 amide bonds. The Morgan fingerprint density at radius 2 is 1.68 bits per heavy atom. The summed E-state index contributed by atoms with van der Waals surface area (Å²) in [4.78, 5) is 12.5. The van der Waals surface area contributed by atoms with Gasteiger partial charge >= 0.3 is 6.09 Å². The molecule has 1 N–H and O–H groups in total. The highest BCUT2D eigenvalue weighted by Gasteiger charge is 2.35. The smallest absolute Gasteiger partial charge is 0.407 e. The van der Waals surface area contributed by atoms with Crippen molar-refractivity contribution in [3.8, 4) is 5.75 Å². The lowest BCUT2D eigenvalue weighted by molar-refractivity contribution is 0.133. The van der Waals surface area contributed by atoms with Crippen LogP contribution in [-0.2, 0) is 10.0 Å². The number of ether oxygens (including phenoxy) is 1. The Bertz CT molecular complexity index is 924. The third-order valence-electron chi connectivity index (χ3n) is 4.76. The molecular weight excluding hydrogens is 387 g/mol. The standard InChI is InChI=1S/C19H21FN2O5S/c1-27-17-6-8-18(9-7-17)28(25,26)22(15-4-2-14(20)3-5-15)16-10-12-21(13-11-16)19(23)24/h2-9,16H,10-13H2,1H3,(H,23,24). The molecule has 0 atom stereocenters. The van der Waals surface area contributed by atoms with Crippen LogP contribution in [0.15, 0.2) is 53.4 Å². The first-order chi connectivity index (χ1) is 13.3. The molecule has 1 aliphatic rings. The maximum Gasteiger partial charge on any atom is 0.407 e. The second kappa shape index (κ2) is 8.05. The molecule has 0 aromatic heterocycles. The van der Waals surface area contributed by atoms with Crippen LogP contribution < -0.4 is 9.04 Å². The number of rotatable bonds is 5. The van der Waals surface area contributed by atoms with Gasteiger partial charge in [-0.1, -0.05) is 0 Å². The van der Waals surface area contributed by atoms with Crippen LogP contribution in [0.3, 0.4) is 0 Å². The number of halogens is 1. The summed E-state index contributed by atoms with van der Waals surface area (Å²) in [5, 5.41) is 9.14. The normalized spacial score (nSPS) is 15.3. The van der Waals surface area contributed by atoms with E-state index in [-0.39, 0.29) is 18.0 Å². The topological polar surface area (TPSA) is 87.2 Å². The highest BCUT2D eigenvalue weighted by molar-refractivity contribution is 7.92. The number of methoxy groups -OCH3 is 1. The minimum Gasteiger partial charge on any atom is -0.497 e. The maximum absolute atomic E-state index is 13.4. The third kappa shape index (κ3) is 4.04. The van der Waals surface area contributed by atoms with E-state index in [1.54, 1.807) is 12.1 Å². The second-order valence-electron chi connectivity index (χ2n) is 6.45. The predicted molar refractivity (Wildman–Crippen MR) is 102 cm³/mol. The van der Waals surface area contributed by atoms with Crippen LogP contribution in [0.1, 0.15) is 12.8 Å². The van der Waals surface area contributed by atoms with E-state index < -0.39 is 28.0 Å². The van der Waals surface area contributed by atoms with Crippen LogP contribution in [0.2, 0.25) is 0 Å². The van der Waals surface area contributed by atoms with Crippen molar-refractivity contribution in [1.29, 1.82) is 0 Å². The molecule has 0 bridgehead atoms. The molecule has 3 rings (SSSR count). The summed E-state index contributed by atoms with van der Waals surface area (Å²) in [6, 6.07) is 10.8. The third-order valence-corrected chi connectivity index (χ3v) is 6.66. The highest BCUT2D eigenvalue weighted by Crippen LogP contribution is 2.31. The number of anilines is 1. The fourth-order valence-corrected chi connectivity index (χ4v) is 5.00. The molecule has 0 radical (unpaired) electrons. The van der Waals surface area contributed by atoms with Crippen LogP contribution in [0.25, 0.3) is 0 Å². The number of carboxylic acid groups (broad SMARTS) is 1. The van der Waals surface area contributed by atoms with Gasteiger partial charge in [-0.15, -0.1) is 0 Å². The molecule has 1 fully saturated rings. The van der Waals surface area contributed by atoms with Crippen molar-refractivity contribution in [2.75, 3.05) is 24.5 Å². The van der Waals surface area contributed by atoms with Gasteiger partial charge in [0.2, 0.25) is 0 Å². The number of hydrogen-bond acceptors (Lipinski definition) is 4. The second-order valence-corrected chi connectivity index (χ2v) is 8.27. The van der Waals surface area contributed by atoms with Gasteiger partial charge in [0.15, 0.2) is 0 Å². The van der Waals surface area contributed by atoms with Gasteiger partial charge in [-0.25, -0.2) is 17.6 Å². The maximum atomic E-state index is 13.4. The lowest BCUT2D eigenvalue weighted by atomic mass is 10.0. The summed E-state index contributed by atoms with van der Waals surface area (Å²) >= 11 is 0. The Hall–Kier alpha value is -2.81. The number of carbonyl (C=O) groups is 1. The van der Waals surface area contributed by atoms with E-state index >= 15 is 0 Å². The summed E-state index contributed by atoms with van der Waals surface area (Å²) in [5.41, 5.74) is 0.339. The molecule has 150 valence electrons. The van der Waals surface area contributed by atoms with Crippen LogP contribution >= 0.6 is 0 Å². The van der Waals surface area contributed by atoms with Crippen molar-refractivity contribution in [3.63, 3.8) is 0 Å². The largest absolute Gasteiger partial charge is 0.497 e. The van der Waals surface area contributed by atoms with Gasteiger partial charge in [0, 0.05) is 19.1 Å².